The van der Waals surface area contributed by atoms with Gasteiger partial charge < -0.3 is 9.64 Å². The maximum Gasteiger partial charge on any atom is 0.241 e. The number of nitrogens with zero attached hydrogens (tertiary/aromatic N) is 1. The Morgan fingerprint density at radius 2 is 2.15 bits per heavy atom. The molecule has 0 aromatic carbocycles. The largest absolute Gasteiger partial charge is 0.375 e. The summed E-state index contributed by atoms with van der Waals surface area (Å²) in [4.78, 5) is 14.9. The van der Waals surface area contributed by atoms with Gasteiger partial charge in [-0.25, -0.2) is 0 Å². The van der Waals surface area contributed by atoms with Crippen LogP contribution in [0.25, 0.3) is 0 Å². The molecule has 0 aliphatic carbocycles. The molecule has 2 saturated heterocycles. The van der Waals surface area contributed by atoms with E-state index < -0.39 is 0 Å². The smallest absolute Gasteiger partial charge is 0.241 e. The van der Waals surface area contributed by atoms with Crippen LogP contribution >= 0.6 is 0 Å². The fraction of sp³-hybridized carbons (Fsp3) is 0.938. The zero-order valence-corrected chi connectivity index (χ0v) is 13.6. The zero-order chi connectivity index (χ0) is 14.9. The molecular formula is C16H30N2O2. The van der Waals surface area contributed by atoms with Crippen LogP contribution in [-0.2, 0) is 9.53 Å². The van der Waals surface area contributed by atoms with E-state index in [0.717, 1.165) is 32.3 Å². The molecule has 0 aromatic rings. The Morgan fingerprint density at radius 1 is 1.45 bits per heavy atom. The van der Waals surface area contributed by atoms with Gasteiger partial charge in [0.05, 0.1) is 17.8 Å². The normalized spacial score (nSPS) is 34.0. The van der Waals surface area contributed by atoms with E-state index in [1.54, 1.807) is 0 Å². The van der Waals surface area contributed by atoms with Gasteiger partial charge in [-0.3, -0.25) is 10.1 Å². The molecule has 4 heteroatoms. The fourth-order valence-corrected chi connectivity index (χ4v) is 3.53. The van der Waals surface area contributed by atoms with Crippen LogP contribution in [0.5, 0.6) is 0 Å². The molecule has 3 unspecified atom stereocenters. The quantitative estimate of drug-likeness (QED) is 0.861. The number of rotatable bonds is 4. The van der Waals surface area contributed by atoms with E-state index in [-0.39, 0.29) is 17.8 Å². The summed E-state index contributed by atoms with van der Waals surface area (Å²) in [7, 11) is 0. The number of ether oxygens (including phenoxy) is 1. The van der Waals surface area contributed by atoms with Crippen molar-refractivity contribution in [2.75, 3.05) is 6.61 Å². The SMILES string of the molecule is CCCC1NC(C(C)C)N(C2CCOC(C)(C)C2)C1=O. The minimum Gasteiger partial charge on any atom is -0.375 e. The van der Waals surface area contributed by atoms with Gasteiger partial charge in [-0.2, -0.15) is 0 Å². The summed E-state index contributed by atoms with van der Waals surface area (Å²) in [6.45, 7) is 11.5. The van der Waals surface area contributed by atoms with E-state index in [1.165, 1.54) is 0 Å². The molecule has 4 nitrogen and oxygen atoms in total. The fourth-order valence-electron chi connectivity index (χ4n) is 3.53. The summed E-state index contributed by atoms with van der Waals surface area (Å²) in [5, 5.41) is 3.55. The molecule has 2 aliphatic heterocycles. The van der Waals surface area contributed by atoms with E-state index in [0.29, 0.717) is 17.9 Å². The standard InChI is InChI=1S/C16H30N2O2/c1-6-7-13-15(19)18(14(17-13)11(2)3)12-8-9-20-16(4,5)10-12/h11-14,17H,6-10H2,1-5H3. The highest BCUT2D eigenvalue weighted by Crippen LogP contribution is 2.32. The second-order valence-corrected chi connectivity index (χ2v) is 7.20. The summed E-state index contributed by atoms with van der Waals surface area (Å²) in [6.07, 6.45) is 4.05. The lowest BCUT2D eigenvalue weighted by atomic mass is 9.92. The van der Waals surface area contributed by atoms with Crippen LogP contribution in [0.3, 0.4) is 0 Å². The van der Waals surface area contributed by atoms with Crippen molar-refractivity contribution in [3.63, 3.8) is 0 Å². The van der Waals surface area contributed by atoms with Crippen molar-refractivity contribution in [3.05, 3.63) is 0 Å². The van der Waals surface area contributed by atoms with Crippen molar-refractivity contribution in [1.82, 2.24) is 10.2 Å². The number of nitrogens with one attached hydrogen (secondary N) is 1. The Kier molecular flexibility index (Phi) is 4.75. The highest BCUT2D eigenvalue weighted by atomic mass is 16.5. The van der Waals surface area contributed by atoms with Gasteiger partial charge in [0, 0.05) is 12.6 Å². The molecule has 2 heterocycles. The first kappa shape index (κ1) is 15.8. The summed E-state index contributed by atoms with van der Waals surface area (Å²) in [6, 6.07) is 0.325. The first-order valence-corrected chi connectivity index (χ1v) is 8.08. The molecule has 0 saturated carbocycles. The van der Waals surface area contributed by atoms with Gasteiger partial charge in [0.15, 0.2) is 0 Å². The molecule has 1 N–H and O–H groups in total. The van der Waals surface area contributed by atoms with Crippen LogP contribution in [0.2, 0.25) is 0 Å². The highest BCUT2D eigenvalue weighted by Gasteiger charge is 2.45. The minimum absolute atomic E-state index is 0.0124. The third-order valence-corrected chi connectivity index (χ3v) is 4.50. The predicted molar refractivity (Wildman–Crippen MR) is 80.4 cm³/mol. The minimum atomic E-state index is -0.117. The Bertz CT molecular complexity index is 354. The Labute approximate surface area is 123 Å². The van der Waals surface area contributed by atoms with Crippen molar-refractivity contribution in [3.8, 4) is 0 Å². The highest BCUT2D eigenvalue weighted by molar-refractivity contribution is 5.84. The van der Waals surface area contributed by atoms with Crippen LogP contribution in [0.4, 0.5) is 0 Å². The third kappa shape index (κ3) is 3.17. The molecule has 1 amide bonds. The van der Waals surface area contributed by atoms with Crippen molar-refractivity contribution in [2.24, 2.45) is 5.92 Å². The van der Waals surface area contributed by atoms with Crippen LogP contribution in [0.15, 0.2) is 0 Å². The van der Waals surface area contributed by atoms with Gasteiger partial charge in [-0.1, -0.05) is 27.2 Å². The van der Waals surface area contributed by atoms with Crippen molar-refractivity contribution >= 4 is 5.91 Å². The average Bonchev–Trinajstić information content (AvgIpc) is 2.66. The summed E-state index contributed by atoms with van der Waals surface area (Å²) < 4.78 is 5.80. The zero-order valence-electron chi connectivity index (χ0n) is 13.6. The number of carbonyl (C=O) groups excluding carboxylic acids is 1. The third-order valence-electron chi connectivity index (χ3n) is 4.50. The van der Waals surface area contributed by atoms with Crippen LogP contribution in [0.1, 0.15) is 60.3 Å². The van der Waals surface area contributed by atoms with E-state index in [2.05, 4.69) is 44.8 Å². The van der Waals surface area contributed by atoms with Crippen molar-refractivity contribution in [1.29, 1.82) is 0 Å². The summed E-state index contributed by atoms with van der Waals surface area (Å²) in [5.41, 5.74) is -0.117. The molecular weight excluding hydrogens is 252 g/mol. The van der Waals surface area contributed by atoms with Gasteiger partial charge in [0.25, 0.3) is 0 Å². The lowest BCUT2D eigenvalue weighted by molar-refractivity contribution is -0.140. The number of amides is 1. The molecule has 0 spiro atoms. The molecule has 0 bridgehead atoms. The van der Waals surface area contributed by atoms with Gasteiger partial charge in [-0.15, -0.1) is 0 Å². The van der Waals surface area contributed by atoms with Gasteiger partial charge in [-0.05, 0) is 39.0 Å². The molecule has 3 atom stereocenters. The second-order valence-electron chi connectivity index (χ2n) is 7.20. The maximum absolute atomic E-state index is 12.7. The number of hydrogen-bond acceptors (Lipinski definition) is 3. The number of hydrogen-bond donors (Lipinski definition) is 1. The molecule has 2 rings (SSSR count). The molecule has 2 aliphatic rings. The predicted octanol–water partition coefficient (Wildman–Crippen LogP) is 2.53. The van der Waals surface area contributed by atoms with Crippen LogP contribution in [0, 0.1) is 5.92 Å². The van der Waals surface area contributed by atoms with E-state index in [9.17, 15) is 4.79 Å². The monoisotopic (exact) mass is 282 g/mol. The summed E-state index contributed by atoms with van der Waals surface area (Å²) >= 11 is 0. The second kappa shape index (κ2) is 6.02. The number of carbonyl (C=O) groups is 1. The first-order chi connectivity index (χ1) is 9.35. The summed E-state index contributed by atoms with van der Waals surface area (Å²) in [5.74, 6) is 0.736. The van der Waals surface area contributed by atoms with Gasteiger partial charge in [0.2, 0.25) is 5.91 Å². The van der Waals surface area contributed by atoms with Gasteiger partial charge in [0.1, 0.15) is 0 Å². The van der Waals surface area contributed by atoms with E-state index in [1.807, 2.05) is 0 Å². The van der Waals surface area contributed by atoms with Gasteiger partial charge >= 0.3 is 0 Å². The van der Waals surface area contributed by atoms with E-state index >= 15 is 0 Å². The Morgan fingerprint density at radius 3 is 2.70 bits per heavy atom. The topological polar surface area (TPSA) is 41.6 Å². The van der Waals surface area contributed by atoms with Crippen molar-refractivity contribution in [2.45, 2.75) is 84.2 Å². The van der Waals surface area contributed by atoms with E-state index in [4.69, 9.17) is 4.74 Å². The molecule has 2 fully saturated rings. The molecule has 20 heavy (non-hydrogen) atoms. The Balaban J connectivity index is 2.16. The van der Waals surface area contributed by atoms with Crippen LogP contribution in [-0.4, -0.2) is 41.3 Å². The Hall–Kier alpha value is -0.610. The lowest BCUT2D eigenvalue weighted by Gasteiger charge is -2.42. The first-order valence-electron chi connectivity index (χ1n) is 8.08. The average molecular weight is 282 g/mol. The molecule has 0 radical (unpaired) electrons. The maximum atomic E-state index is 12.7. The van der Waals surface area contributed by atoms with Crippen LogP contribution < -0.4 is 5.32 Å². The van der Waals surface area contributed by atoms with Crippen molar-refractivity contribution < 1.29 is 9.53 Å². The molecule has 116 valence electrons. The molecule has 0 aromatic heterocycles. The lowest BCUT2D eigenvalue weighted by Crippen LogP contribution is -2.52.